The minimum atomic E-state index is 0.0152. The lowest BCUT2D eigenvalue weighted by atomic mass is 9.93. The molecule has 1 saturated heterocycles. The molecule has 23 heavy (non-hydrogen) atoms. The van der Waals surface area contributed by atoms with Gasteiger partial charge in [0.25, 0.3) is 5.91 Å². The van der Waals surface area contributed by atoms with Crippen LogP contribution in [0, 0.1) is 0 Å². The Kier molecular flexibility index (Phi) is 3.33. The number of rotatable bonds is 2. The molecule has 7 heteroatoms. The fraction of sp³-hybridized carbons (Fsp3) is 0.375. The van der Waals surface area contributed by atoms with E-state index in [2.05, 4.69) is 5.16 Å². The Labute approximate surface area is 132 Å². The molecular weight excluding hydrogens is 298 g/mol. The number of piperidine rings is 1. The Morgan fingerprint density at radius 1 is 1.17 bits per heavy atom. The van der Waals surface area contributed by atoms with Gasteiger partial charge in [-0.15, -0.1) is 0 Å². The van der Waals surface area contributed by atoms with Crippen LogP contribution in [0.3, 0.4) is 0 Å². The minimum Gasteiger partial charge on any atom is -0.454 e. The molecule has 1 aromatic heterocycles. The molecule has 0 spiro atoms. The third kappa shape index (κ3) is 2.58. The van der Waals surface area contributed by atoms with Crippen LogP contribution >= 0.6 is 0 Å². The number of benzene rings is 1. The number of ether oxygens (including phenoxy) is 2. The van der Waals surface area contributed by atoms with Crippen molar-refractivity contribution in [2.45, 2.75) is 18.8 Å². The summed E-state index contributed by atoms with van der Waals surface area (Å²) in [6.07, 6.45) is 1.70. The zero-order valence-electron chi connectivity index (χ0n) is 12.5. The summed E-state index contributed by atoms with van der Waals surface area (Å²) in [6.45, 7) is 1.58. The second-order valence-corrected chi connectivity index (χ2v) is 5.79. The zero-order valence-corrected chi connectivity index (χ0v) is 12.5. The van der Waals surface area contributed by atoms with E-state index in [-0.39, 0.29) is 18.6 Å². The first kappa shape index (κ1) is 13.9. The van der Waals surface area contributed by atoms with Crippen LogP contribution in [0.15, 0.2) is 28.8 Å². The van der Waals surface area contributed by atoms with Gasteiger partial charge in [-0.2, -0.15) is 0 Å². The molecule has 3 heterocycles. The Morgan fingerprint density at radius 3 is 2.70 bits per heavy atom. The molecule has 0 bridgehead atoms. The van der Waals surface area contributed by atoms with Gasteiger partial charge in [-0.25, -0.2) is 0 Å². The lowest BCUT2D eigenvalue weighted by Crippen LogP contribution is -2.37. The molecule has 1 fully saturated rings. The molecule has 2 aromatic rings. The number of anilines is 1. The minimum absolute atomic E-state index is 0.0152. The maximum absolute atomic E-state index is 12.6. The quantitative estimate of drug-likeness (QED) is 0.911. The van der Waals surface area contributed by atoms with Crippen LogP contribution in [0.4, 0.5) is 5.88 Å². The molecule has 2 aliphatic heterocycles. The number of nitrogens with zero attached hydrogens (tertiary/aromatic N) is 2. The molecule has 2 aliphatic rings. The van der Waals surface area contributed by atoms with E-state index >= 15 is 0 Å². The number of fused-ring (bicyclic) bond motifs is 1. The molecule has 0 aliphatic carbocycles. The van der Waals surface area contributed by atoms with E-state index in [0.29, 0.717) is 36.0 Å². The van der Waals surface area contributed by atoms with Crippen LogP contribution in [0.2, 0.25) is 0 Å². The van der Waals surface area contributed by atoms with Gasteiger partial charge in [0.15, 0.2) is 11.5 Å². The fourth-order valence-electron chi connectivity index (χ4n) is 3.09. The van der Waals surface area contributed by atoms with E-state index < -0.39 is 0 Å². The van der Waals surface area contributed by atoms with E-state index in [1.807, 2.05) is 4.90 Å². The fourth-order valence-corrected chi connectivity index (χ4v) is 3.09. The van der Waals surface area contributed by atoms with Gasteiger partial charge in [0.1, 0.15) is 0 Å². The van der Waals surface area contributed by atoms with Crippen molar-refractivity contribution in [3.8, 4) is 11.5 Å². The molecule has 0 unspecified atom stereocenters. The van der Waals surface area contributed by atoms with Gasteiger partial charge in [0.2, 0.25) is 12.7 Å². The molecule has 0 radical (unpaired) electrons. The van der Waals surface area contributed by atoms with Crippen molar-refractivity contribution in [1.29, 1.82) is 0 Å². The average molecular weight is 315 g/mol. The Balaban J connectivity index is 1.43. The summed E-state index contributed by atoms with van der Waals surface area (Å²) in [7, 11) is 0. The molecule has 1 aromatic carbocycles. The SMILES string of the molecule is Nc1cc(C2CCN(C(=O)c3ccc4c(c3)OCO4)CC2)no1. The highest BCUT2D eigenvalue weighted by atomic mass is 16.7. The van der Waals surface area contributed by atoms with E-state index in [4.69, 9.17) is 19.7 Å². The predicted molar refractivity (Wildman–Crippen MR) is 81.4 cm³/mol. The summed E-state index contributed by atoms with van der Waals surface area (Å²) in [5.74, 6) is 1.95. The maximum atomic E-state index is 12.6. The van der Waals surface area contributed by atoms with Gasteiger partial charge in [0.05, 0.1) is 5.69 Å². The first-order valence-corrected chi connectivity index (χ1v) is 7.62. The third-order valence-electron chi connectivity index (χ3n) is 4.37. The summed E-state index contributed by atoms with van der Waals surface area (Å²) in [5.41, 5.74) is 7.06. The van der Waals surface area contributed by atoms with Gasteiger partial charge in [-0.3, -0.25) is 4.79 Å². The molecule has 0 atom stereocenters. The van der Waals surface area contributed by atoms with Gasteiger partial charge in [0, 0.05) is 30.6 Å². The van der Waals surface area contributed by atoms with Crippen LogP contribution in [0.25, 0.3) is 0 Å². The Morgan fingerprint density at radius 2 is 1.96 bits per heavy atom. The Hall–Kier alpha value is -2.70. The van der Waals surface area contributed by atoms with Crippen LogP contribution in [0.1, 0.15) is 34.8 Å². The summed E-state index contributed by atoms with van der Waals surface area (Å²) in [6, 6.07) is 7.07. The van der Waals surface area contributed by atoms with Crippen molar-refractivity contribution in [3.05, 3.63) is 35.5 Å². The molecule has 0 saturated carbocycles. The molecule has 1 amide bonds. The molecular formula is C16H17N3O4. The predicted octanol–water partition coefficient (Wildman–Crippen LogP) is 2.01. The monoisotopic (exact) mass is 315 g/mol. The number of carbonyl (C=O) groups excluding carboxylic acids is 1. The summed E-state index contributed by atoms with van der Waals surface area (Å²) in [4.78, 5) is 14.5. The van der Waals surface area contributed by atoms with E-state index in [1.54, 1.807) is 24.3 Å². The second kappa shape index (κ2) is 5.49. The number of likely N-dealkylation sites (tertiary alicyclic amines) is 1. The number of nitrogen functional groups attached to an aromatic ring is 1. The van der Waals surface area contributed by atoms with Crippen LogP contribution in [-0.4, -0.2) is 35.8 Å². The van der Waals surface area contributed by atoms with E-state index in [1.165, 1.54) is 0 Å². The van der Waals surface area contributed by atoms with Gasteiger partial charge < -0.3 is 24.6 Å². The Bertz CT molecular complexity index is 735. The van der Waals surface area contributed by atoms with E-state index in [0.717, 1.165) is 18.5 Å². The van der Waals surface area contributed by atoms with E-state index in [9.17, 15) is 4.79 Å². The van der Waals surface area contributed by atoms with Crippen molar-refractivity contribution >= 4 is 11.8 Å². The number of hydrogen-bond donors (Lipinski definition) is 1. The summed E-state index contributed by atoms with van der Waals surface area (Å²) in [5, 5.41) is 3.97. The first-order chi connectivity index (χ1) is 11.2. The number of aromatic nitrogens is 1. The molecule has 2 N–H and O–H groups in total. The standard InChI is InChI=1S/C16H17N3O4/c17-15-8-12(18-23-15)10-3-5-19(6-4-10)16(20)11-1-2-13-14(7-11)22-9-21-13/h1-2,7-8,10H,3-6,9,17H2. The van der Waals surface area contributed by atoms with Crippen molar-refractivity contribution < 1.29 is 18.8 Å². The first-order valence-electron chi connectivity index (χ1n) is 7.62. The highest BCUT2D eigenvalue weighted by Gasteiger charge is 2.27. The molecule has 4 rings (SSSR count). The second-order valence-electron chi connectivity index (χ2n) is 5.79. The average Bonchev–Trinajstić information content (AvgIpc) is 3.22. The smallest absolute Gasteiger partial charge is 0.253 e. The zero-order chi connectivity index (χ0) is 15.8. The highest BCUT2D eigenvalue weighted by Crippen LogP contribution is 2.34. The van der Waals surface area contributed by atoms with Crippen LogP contribution in [-0.2, 0) is 0 Å². The number of carbonyl (C=O) groups is 1. The normalized spacial score (nSPS) is 17.5. The topological polar surface area (TPSA) is 90.8 Å². The number of amides is 1. The molecule has 120 valence electrons. The van der Waals surface area contributed by atoms with Crippen molar-refractivity contribution in [1.82, 2.24) is 10.1 Å². The van der Waals surface area contributed by atoms with Gasteiger partial charge in [-0.1, -0.05) is 5.16 Å². The van der Waals surface area contributed by atoms with Gasteiger partial charge in [-0.05, 0) is 31.0 Å². The summed E-state index contributed by atoms with van der Waals surface area (Å²) < 4.78 is 15.5. The lowest BCUT2D eigenvalue weighted by Gasteiger charge is -2.31. The van der Waals surface area contributed by atoms with Crippen molar-refractivity contribution in [2.75, 3.05) is 25.6 Å². The van der Waals surface area contributed by atoms with Gasteiger partial charge >= 0.3 is 0 Å². The maximum Gasteiger partial charge on any atom is 0.253 e. The van der Waals surface area contributed by atoms with Crippen molar-refractivity contribution in [3.63, 3.8) is 0 Å². The molecule has 7 nitrogen and oxygen atoms in total. The van der Waals surface area contributed by atoms with Crippen LogP contribution in [0.5, 0.6) is 11.5 Å². The highest BCUT2D eigenvalue weighted by molar-refractivity contribution is 5.95. The summed E-state index contributed by atoms with van der Waals surface area (Å²) >= 11 is 0. The lowest BCUT2D eigenvalue weighted by molar-refractivity contribution is 0.0711. The largest absolute Gasteiger partial charge is 0.454 e. The number of hydrogen-bond acceptors (Lipinski definition) is 6. The number of nitrogens with two attached hydrogens (primary N) is 1. The van der Waals surface area contributed by atoms with Crippen molar-refractivity contribution in [2.24, 2.45) is 0 Å². The van der Waals surface area contributed by atoms with Crippen LogP contribution < -0.4 is 15.2 Å². The third-order valence-corrected chi connectivity index (χ3v) is 4.37.